The molecule has 7 nitrogen and oxygen atoms in total. The average molecular weight is 478 g/mol. The van der Waals surface area contributed by atoms with E-state index >= 15 is 0 Å². The molecule has 0 radical (unpaired) electrons. The molecule has 2 aromatic heterocycles. The van der Waals surface area contributed by atoms with E-state index < -0.39 is 5.60 Å². The van der Waals surface area contributed by atoms with E-state index in [0.29, 0.717) is 23.9 Å². The maximum absolute atomic E-state index is 12.4. The molecule has 1 amide bonds. The van der Waals surface area contributed by atoms with Gasteiger partial charge in [-0.25, -0.2) is 9.78 Å². The Bertz CT molecular complexity index is 817. The van der Waals surface area contributed by atoms with Crippen LogP contribution in [0.25, 0.3) is 10.9 Å². The number of carbonyl (C=O) groups is 1. The van der Waals surface area contributed by atoms with Crippen LogP contribution in [-0.4, -0.2) is 44.4 Å². The number of pyridine rings is 1. The first-order valence-corrected chi connectivity index (χ1v) is 9.58. The molecule has 0 bridgehead atoms. The molecule has 1 atom stereocenters. The van der Waals surface area contributed by atoms with Crippen molar-refractivity contribution in [2.24, 2.45) is 0 Å². The lowest BCUT2D eigenvalue weighted by Gasteiger charge is -2.34. The van der Waals surface area contributed by atoms with Crippen molar-refractivity contribution >= 4 is 57.0 Å². The van der Waals surface area contributed by atoms with Crippen molar-refractivity contribution < 1.29 is 9.53 Å². The third-order valence-corrected chi connectivity index (χ3v) is 5.09. The SMILES string of the molecule is CC(C)(C)OC(=O)N1CCC[C@@H](n2nc(I)c3c(N)ncc(Cl)c32)C1. The second kappa shape index (κ2) is 6.79. The molecule has 136 valence electrons. The number of likely N-dealkylation sites (tertiary alicyclic amines) is 1. The molecule has 3 heterocycles. The van der Waals surface area contributed by atoms with Gasteiger partial charge in [-0.15, -0.1) is 0 Å². The summed E-state index contributed by atoms with van der Waals surface area (Å²) in [6.07, 6.45) is 3.03. The molecular formula is C16H21ClIN5O2. The molecule has 1 fully saturated rings. The molecule has 3 rings (SSSR count). The molecule has 2 aromatic rings. The van der Waals surface area contributed by atoms with Crippen molar-refractivity contribution in [3.63, 3.8) is 0 Å². The number of piperidine rings is 1. The third-order valence-electron chi connectivity index (χ3n) is 4.06. The number of rotatable bonds is 1. The van der Waals surface area contributed by atoms with Crippen LogP contribution in [0.4, 0.5) is 10.6 Å². The average Bonchev–Trinajstić information content (AvgIpc) is 2.88. The Balaban J connectivity index is 1.91. The van der Waals surface area contributed by atoms with Crippen molar-refractivity contribution in [1.82, 2.24) is 19.7 Å². The van der Waals surface area contributed by atoms with Crippen molar-refractivity contribution in [2.45, 2.75) is 45.3 Å². The Hall–Kier alpha value is -1.29. The fourth-order valence-corrected chi connectivity index (χ4v) is 4.02. The van der Waals surface area contributed by atoms with Gasteiger partial charge in [0.25, 0.3) is 0 Å². The standard InChI is InChI=1S/C16H21ClIN5O2/c1-16(2,3)25-15(24)22-6-4-5-9(8-22)23-12-10(17)7-20-14(19)11(12)13(18)21-23/h7,9H,4-6,8H2,1-3H3,(H2,19,20)/t9-/m1/s1. The largest absolute Gasteiger partial charge is 0.444 e. The van der Waals surface area contributed by atoms with Gasteiger partial charge in [0.15, 0.2) is 0 Å². The van der Waals surface area contributed by atoms with Crippen molar-refractivity contribution in [3.8, 4) is 0 Å². The quantitative estimate of drug-likeness (QED) is 0.631. The number of carbonyl (C=O) groups excluding carboxylic acids is 1. The van der Waals surface area contributed by atoms with Crippen LogP contribution in [0.5, 0.6) is 0 Å². The lowest BCUT2D eigenvalue weighted by molar-refractivity contribution is 0.0169. The molecule has 0 aromatic carbocycles. The number of ether oxygens (including phenoxy) is 1. The van der Waals surface area contributed by atoms with E-state index in [-0.39, 0.29) is 12.1 Å². The number of halogens is 2. The zero-order valence-electron chi connectivity index (χ0n) is 14.4. The smallest absolute Gasteiger partial charge is 0.410 e. The second-order valence-electron chi connectivity index (χ2n) is 7.17. The monoisotopic (exact) mass is 477 g/mol. The van der Waals surface area contributed by atoms with E-state index in [9.17, 15) is 4.79 Å². The first-order chi connectivity index (χ1) is 11.7. The van der Waals surface area contributed by atoms with Crippen molar-refractivity contribution in [2.75, 3.05) is 18.8 Å². The highest BCUT2D eigenvalue weighted by molar-refractivity contribution is 14.1. The highest BCUT2D eigenvalue weighted by atomic mass is 127. The van der Waals surface area contributed by atoms with Gasteiger partial charge in [-0.2, -0.15) is 5.10 Å². The van der Waals surface area contributed by atoms with Gasteiger partial charge in [-0.3, -0.25) is 4.68 Å². The Morgan fingerprint density at radius 2 is 2.20 bits per heavy atom. The number of anilines is 1. The Labute approximate surface area is 165 Å². The van der Waals surface area contributed by atoms with Crippen LogP contribution in [-0.2, 0) is 4.74 Å². The zero-order chi connectivity index (χ0) is 18.4. The molecule has 0 aliphatic carbocycles. The van der Waals surface area contributed by atoms with Crippen LogP contribution in [0.2, 0.25) is 5.02 Å². The lowest BCUT2D eigenvalue weighted by Crippen LogP contribution is -2.43. The second-order valence-corrected chi connectivity index (χ2v) is 8.60. The van der Waals surface area contributed by atoms with E-state index in [2.05, 4.69) is 32.7 Å². The van der Waals surface area contributed by atoms with E-state index in [0.717, 1.165) is 27.4 Å². The van der Waals surface area contributed by atoms with Crippen LogP contribution in [0.15, 0.2) is 6.20 Å². The summed E-state index contributed by atoms with van der Waals surface area (Å²) < 4.78 is 8.14. The maximum Gasteiger partial charge on any atom is 0.410 e. The van der Waals surface area contributed by atoms with Gasteiger partial charge < -0.3 is 15.4 Å². The highest BCUT2D eigenvalue weighted by Crippen LogP contribution is 2.34. The topological polar surface area (TPSA) is 86.3 Å². The van der Waals surface area contributed by atoms with Gasteiger partial charge in [0.1, 0.15) is 15.1 Å². The van der Waals surface area contributed by atoms with Crippen LogP contribution < -0.4 is 5.73 Å². The zero-order valence-corrected chi connectivity index (χ0v) is 17.3. The molecular weight excluding hydrogens is 457 g/mol. The highest BCUT2D eigenvalue weighted by Gasteiger charge is 2.30. The summed E-state index contributed by atoms with van der Waals surface area (Å²) in [5.41, 5.74) is 6.26. The third kappa shape index (κ3) is 3.79. The van der Waals surface area contributed by atoms with Gasteiger partial charge >= 0.3 is 6.09 Å². The van der Waals surface area contributed by atoms with Gasteiger partial charge in [0.05, 0.1) is 28.2 Å². The summed E-state index contributed by atoms with van der Waals surface area (Å²) in [5, 5.41) is 5.90. The van der Waals surface area contributed by atoms with Crippen LogP contribution in [0.3, 0.4) is 0 Å². The summed E-state index contributed by atoms with van der Waals surface area (Å²) in [6, 6.07) is 0.0200. The normalized spacial score (nSPS) is 18.6. The molecule has 9 heteroatoms. The molecule has 25 heavy (non-hydrogen) atoms. The number of amides is 1. The number of nitrogens with zero attached hydrogens (tertiary/aromatic N) is 4. The molecule has 0 unspecified atom stereocenters. The fourth-order valence-electron chi connectivity index (χ4n) is 3.03. The Morgan fingerprint density at radius 1 is 1.48 bits per heavy atom. The predicted octanol–water partition coefficient (Wildman–Crippen LogP) is 3.84. The lowest BCUT2D eigenvalue weighted by atomic mass is 10.1. The summed E-state index contributed by atoms with van der Waals surface area (Å²) in [4.78, 5) is 18.2. The summed E-state index contributed by atoms with van der Waals surface area (Å²) in [7, 11) is 0. The van der Waals surface area contributed by atoms with E-state index in [1.807, 2.05) is 25.5 Å². The number of nitrogen functional groups attached to an aromatic ring is 1. The van der Waals surface area contributed by atoms with Gasteiger partial charge in [0, 0.05) is 13.1 Å². The number of aromatic nitrogens is 3. The van der Waals surface area contributed by atoms with Gasteiger partial charge in [-0.05, 0) is 56.2 Å². The van der Waals surface area contributed by atoms with Crippen molar-refractivity contribution in [3.05, 3.63) is 14.9 Å². The summed E-state index contributed by atoms with van der Waals surface area (Å²) >= 11 is 8.50. The van der Waals surface area contributed by atoms with Gasteiger partial charge in [-0.1, -0.05) is 11.6 Å². The minimum atomic E-state index is -0.513. The number of hydrogen-bond donors (Lipinski definition) is 1. The first kappa shape index (κ1) is 18.5. The molecule has 2 N–H and O–H groups in total. The van der Waals surface area contributed by atoms with E-state index in [1.54, 1.807) is 11.1 Å². The van der Waals surface area contributed by atoms with Crippen LogP contribution in [0, 0.1) is 3.70 Å². The molecule has 1 aliphatic heterocycles. The predicted molar refractivity (Wildman–Crippen MR) is 106 cm³/mol. The molecule has 1 aliphatic rings. The molecule has 0 spiro atoms. The fraction of sp³-hybridized carbons (Fsp3) is 0.562. The maximum atomic E-state index is 12.4. The molecule has 1 saturated heterocycles. The first-order valence-electron chi connectivity index (χ1n) is 8.13. The van der Waals surface area contributed by atoms with Crippen LogP contribution in [0.1, 0.15) is 39.7 Å². The summed E-state index contributed by atoms with van der Waals surface area (Å²) in [5.74, 6) is 0.412. The number of nitrogens with two attached hydrogens (primary N) is 1. The van der Waals surface area contributed by atoms with Gasteiger partial charge in [0.2, 0.25) is 0 Å². The number of hydrogen-bond acceptors (Lipinski definition) is 5. The van der Waals surface area contributed by atoms with Crippen molar-refractivity contribution in [1.29, 1.82) is 0 Å². The number of fused-ring (bicyclic) bond motifs is 1. The molecule has 0 saturated carbocycles. The van der Waals surface area contributed by atoms with E-state index in [4.69, 9.17) is 22.1 Å². The Morgan fingerprint density at radius 3 is 2.88 bits per heavy atom. The van der Waals surface area contributed by atoms with E-state index in [1.165, 1.54) is 0 Å². The minimum Gasteiger partial charge on any atom is -0.444 e. The van der Waals surface area contributed by atoms with Crippen LogP contribution >= 0.6 is 34.2 Å². The Kier molecular flexibility index (Phi) is 5.02. The minimum absolute atomic E-state index is 0.0200. The summed E-state index contributed by atoms with van der Waals surface area (Å²) in [6.45, 7) is 6.81.